The van der Waals surface area contributed by atoms with Gasteiger partial charge >= 0.3 is 5.97 Å². The Balaban J connectivity index is 1.55. The first-order valence-corrected chi connectivity index (χ1v) is 11.4. The predicted molar refractivity (Wildman–Crippen MR) is 120 cm³/mol. The summed E-state index contributed by atoms with van der Waals surface area (Å²) in [5.41, 5.74) is 1.90. The zero-order chi connectivity index (χ0) is 22.0. The van der Waals surface area contributed by atoms with E-state index in [1.54, 1.807) is 24.3 Å². The van der Waals surface area contributed by atoms with Gasteiger partial charge in [0.2, 0.25) is 0 Å². The smallest absolute Gasteiger partial charge is 0.329 e. The van der Waals surface area contributed by atoms with Gasteiger partial charge in [-0.1, -0.05) is 41.9 Å². The van der Waals surface area contributed by atoms with Crippen molar-refractivity contribution < 1.29 is 19.1 Å². The van der Waals surface area contributed by atoms with Gasteiger partial charge in [0.25, 0.3) is 11.8 Å². The van der Waals surface area contributed by atoms with E-state index in [-0.39, 0.29) is 11.8 Å². The largest absolute Gasteiger partial charge is 0.459 e. The Morgan fingerprint density at radius 1 is 1.10 bits per heavy atom. The molecule has 6 nitrogen and oxygen atoms in total. The van der Waals surface area contributed by atoms with Crippen LogP contribution >= 0.6 is 23.4 Å². The topological polar surface area (TPSA) is 76.6 Å². The van der Waals surface area contributed by atoms with Crippen LogP contribution in [0.1, 0.15) is 32.7 Å². The summed E-state index contributed by atoms with van der Waals surface area (Å²) in [7, 11) is 0. The molecule has 0 aliphatic carbocycles. The van der Waals surface area contributed by atoms with Crippen molar-refractivity contribution in [2.45, 2.75) is 19.1 Å². The van der Waals surface area contributed by atoms with Gasteiger partial charge in [0.1, 0.15) is 17.8 Å². The number of fused-ring (bicyclic) bond motifs is 2. The molecule has 0 N–H and O–H groups in total. The molecular weight excluding hydrogens is 436 g/mol. The van der Waals surface area contributed by atoms with Crippen molar-refractivity contribution in [1.29, 1.82) is 0 Å². The van der Waals surface area contributed by atoms with E-state index in [4.69, 9.17) is 16.3 Å². The fourth-order valence-corrected chi connectivity index (χ4v) is 4.21. The van der Waals surface area contributed by atoms with Gasteiger partial charge in [-0.25, -0.2) is 9.78 Å². The average molecular weight is 455 g/mol. The van der Waals surface area contributed by atoms with Crippen LogP contribution in [0.25, 0.3) is 10.9 Å². The minimum atomic E-state index is -1.01. The van der Waals surface area contributed by atoms with Crippen LogP contribution in [-0.2, 0) is 16.1 Å². The number of amides is 2. The van der Waals surface area contributed by atoms with E-state index in [1.807, 2.05) is 36.6 Å². The van der Waals surface area contributed by atoms with Crippen LogP contribution in [-0.4, -0.2) is 45.7 Å². The van der Waals surface area contributed by atoms with E-state index in [9.17, 15) is 14.4 Å². The minimum absolute atomic E-state index is 0.103. The quantitative estimate of drug-likeness (QED) is 0.300. The Morgan fingerprint density at radius 3 is 2.42 bits per heavy atom. The normalized spacial score (nSPS) is 14.1. The first-order chi connectivity index (χ1) is 15.0. The summed E-state index contributed by atoms with van der Waals surface area (Å²) in [4.78, 5) is 44.0. The van der Waals surface area contributed by atoms with Gasteiger partial charge in [-0.2, -0.15) is 11.8 Å². The minimum Gasteiger partial charge on any atom is -0.459 e. The maximum atomic E-state index is 13.0. The molecule has 0 saturated carbocycles. The monoisotopic (exact) mass is 454 g/mol. The molecule has 0 bridgehead atoms. The number of esters is 1. The van der Waals surface area contributed by atoms with Gasteiger partial charge < -0.3 is 4.74 Å². The van der Waals surface area contributed by atoms with Crippen LogP contribution in [0.15, 0.2) is 54.6 Å². The van der Waals surface area contributed by atoms with E-state index < -0.39 is 23.8 Å². The molecule has 0 spiro atoms. The van der Waals surface area contributed by atoms with Gasteiger partial charge in [0.15, 0.2) is 0 Å². The van der Waals surface area contributed by atoms with Crippen molar-refractivity contribution in [3.05, 3.63) is 76.4 Å². The lowest BCUT2D eigenvalue weighted by molar-refractivity contribution is -0.149. The summed E-state index contributed by atoms with van der Waals surface area (Å²) in [6.45, 7) is -0.103. The number of nitrogens with zero attached hydrogens (tertiary/aromatic N) is 2. The predicted octanol–water partition coefficient (Wildman–Crippen LogP) is 4.35. The van der Waals surface area contributed by atoms with Crippen LogP contribution in [0.3, 0.4) is 0 Å². The average Bonchev–Trinajstić information content (AvgIpc) is 3.03. The number of pyridine rings is 1. The van der Waals surface area contributed by atoms with E-state index in [1.165, 1.54) is 11.8 Å². The van der Waals surface area contributed by atoms with Crippen LogP contribution in [0.4, 0.5) is 0 Å². The number of aromatic nitrogens is 1. The molecular formula is C23H19ClN2O4S. The Morgan fingerprint density at radius 2 is 1.74 bits per heavy atom. The number of imide groups is 1. The van der Waals surface area contributed by atoms with Crippen molar-refractivity contribution >= 4 is 52.0 Å². The fourth-order valence-electron chi connectivity index (χ4n) is 3.56. The number of ether oxygens (including phenoxy) is 1. The number of hydrogen-bond acceptors (Lipinski definition) is 6. The molecule has 4 rings (SSSR count). The zero-order valence-corrected chi connectivity index (χ0v) is 18.3. The maximum absolute atomic E-state index is 13.0. The highest BCUT2D eigenvalue weighted by atomic mass is 35.5. The van der Waals surface area contributed by atoms with Gasteiger partial charge in [-0.15, -0.1) is 0 Å². The van der Waals surface area contributed by atoms with Crippen molar-refractivity contribution in [3.63, 3.8) is 0 Å². The molecule has 1 atom stereocenters. The molecule has 0 fully saturated rings. The third-order valence-electron chi connectivity index (χ3n) is 5.12. The second kappa shape index (κ2) is 9.08. The summed E-state index contributed by atoms with van der Waals surface area (Å²) in [5.74, 6) is -1.01. The van der Waals surface area contributed by atoms with E-state index in [2.05, 4.69) is 4.98 Å². The highest BCUT2D eigenvalue weighted by Crippen LogP contribution is 2.27. The number of benzene rings is 2. The molecule has 2 amide bonds. The number of carbonyl (C=O) groups excluding carboxylic acids is 3. The van der Waals surface area contributed by atoms with Crippen molar-refractivity contribution in [2.75, 3.05) is 12.0 Å². The second-order valence-electron chi connectivity index (χ2n) is 7.06. The number of para-hydroxylation sites is 1. The molecule has 0 saturated heterocycles. The van der Waals surface area contributed by atoms with E-state index in [0.717, 1.165) is 15.8 Å². The van der Waals surface area contributed by atoms with Gasteiger partial charge in [-0.05, 0) is 42.7 Å². The van der Waals surface area contributed by atoms with Crippen LogP contribution < -0.4 is 0 Å². The third kappa shape index (κ3) is 4.16. The molecule has 0 radical (unpaired) electrons. The Labute approximate surface area is 188 Å². The lowest BCUT2D eigenvalue weighted by Crippen LogP contribution is -2.46. The highest BCUT2D eigenvalue weighted by molar-refractivity contribution is 7.98. The summed E-state index contributed by atoms with van der Waals surface area (Å²) < 4.78 is 5.51. The Hall–Kier alpha value is -2.90. The molecule has 1 aromatic heterocycles. The first kappa shape index (κ1) is 21.3. The Kier molecular flexibility index (Phi) is 6.25. The number of halogens is 1. The molecule has 2 aromatic carbocycles. The van der Waals surface area contributed by atoms with Gasteiger partial charge in [-0.3, -0.25) is 14.5 Å². The lowest BCUT2D eigenvalue weighted by atomic mass is 10.1. The van der Waals surface area contributed by atoms with E-state index in [0.29, 0.717) is 28.9 Å². The first-order valence-electron chi connectivity index (χ1n) is 9.68. The summed E-state index contributed by atoms with van der Waals surface area (Å²) in [6.07, 6.45) is 2.19. The number of hydrogen-bond donors (Lipinski definition) is 0. The lowest BCUT2D eigenvalue weighted by Gasteiger charge is -2.24. The van der Waals surface area contributed by atoms with Crippen LogP contribution in [0, 0.1) is 0 Å². The van der Waals surface area contributed by atoms with Crippen molar-refractivity contribution in [1.82, 2.24) is 9.88 Å². The zero-order valence-electron chi connectivity index (χ0n) is 16.7. The summed E-state index contributed by atoms with van der Waals surface area (Å²) in [6, 6.07) is 14.9. The number of thioether (sulfide) groups is 1. The molecule has 8 heteroatoms. The second-order valence-corrected chi connectivity index (χ2v) is 8.41. The molecule has 1 aliphatic heterocycles. The number of carbonyl (C=O) groups is 3. The summed E-state index contributed by atoms with van der Waals surface area (Å²) in [5, 5.41) is 1.12. The highest BCUT2D eigenvalue weighted by Gasteiger charge is 2.43. The SMILES string of the molecule is CSCCC(C(=O)OCc1cc2ccccc2nc1Cl)N1C(=O)c2ccccc2C1=O. The van der Waals surface area contributed by atoms with Crippen LogP contribution in [0.2, 0.25) is 5.15 Å². The standard InChI is InChI=1S/C23H19ClN2O4S/c1-31-11-10-19(26-21(27)16-7-3-4-8-17(16)22(26)28)23(29)30-13-15-12-14-6-2-5-9-18(14)25-20(15)24/h2-9,12,19H,10-11,13H2,1H3. The molecule has 3 aromatic rings. The fraction of sp³-hybridized carbons (Fsp3) is 0.217. The molecule has 2 heterocycles. The van der Waals surface area contributed by atoms with Crippen molar-refractivity contribution in [2.24, 2.45) is 0 Å². The van der Waals surface area contributed by atoms with Crippen LogP contribution in [0.5, 0.6) is 0 Å². The Bertz CT molecular complexity index is 1150. The third-order valence-corrected chi connectivity index (χ3v) is 6.10. The number of rotatable bonds is 7. The maximum Gasteiger partial charge on any atom is 0.329 e. The molecule has 1 aliphatic rings. The van der Waals surface area contributed by atoms with Crippen molar-refractivity contribution in [3.8, 4) is 0 Å². The van der Waals surface area contributed by atoms with Gasteiger partial charge in [0.05, 0.1) is 16.6 Å². The molecule has 1 unspecified atom stereocenters. The van der Waals surface area contributed by atoms with Gasteiger partial charge in [0, 0.05) is 10.9 Å². The molecule has 31 heavy (non-hydrogen) atoms. The molecule has 158 valence electrons. The van der Waals surface area contributed by atoms with E-state index >= 15 is 0 Å². The summed E-state index contributed by atoms with van der Waals surface area (Å²) >= 11 is 7.78.